The molecule has 2 aliphatic rings. The topological polar surface area (TPSA) is 135 Å². The molecule has 9 nitrogen and oxygen atoms in total. The molecule has 1 fully saturated rings. The van der Waals surface area contributed by atoms with Crippen LogP contribution in [0.25, 0.3) is 11.1 Å². The summed E-state index contributed by atoms with van der Waals surface area (Å²) in [4.78, 5) is 25.8. The van der Waals surface area contributed by atoms with Gasteiger partial charge in [-0.2, -0.15) is 5.26 Å². The minimum Gasteiger partial charge on any atom is -0.444 e. The van der Waals surface area contributed by atoms with Crippen molar-refractivity contribution in [2.45, 2.75) is 68.7 Å². The average Bonchev–Trinajstić information content (AvgIpc) is 3.16. The lowest BCUT2D eigenvalue weighted by molar-refractivity contribution is -0.132. The van der Waals surface area contributed by atoms with Crippen molar-refractivity contribution >= 4 is 21.8 Å². The van der Waals surface area contributed by atoms with Crippen LogP contribution in [-0.4, -0.2) is 50.8 Å². The smallest absolute Gasteiger partial charge is 0.408 e. The van der Waals surface area contributed by atoms with Gasteiger partial charge >= 0.3 is 6.09 Å². The number of fused-ring (bicyclic) bond motifs is 1. The normalized spacial score (nSPS) is 18.5. The van der Waals surface area contributed by atoms with Crippen LogP contribution in [0.5, 0.6) is 0 Å². The van der Waals surface area contributed by atoms with E-state index >= 15 is 0 Å². The molecular formula is C28H33N3O6S. The molecule has 1 atom stereocenters. The third-order valence-electron chi connectivity index (χ3n) is 6.67. The van der Waals surface area contributed by atoms with Crippen molar-refractivity contribution in [1.82, 2.24) is 10.6 Å². The molecule has 0 aromatic heterocycles. The Hall–Kier alpha value is -3.42. The molecule has 0 aliphatic carbocycles. The number of amides is 2. The molecule has 2 aromatic carbocycles. The number of nitrogens with zero attached hydrogens (tertiary/aromatic N) is 1. The number of hydrogen-bond acceptors (Lipinski definition) is 7. The fourth-order valence-corrected chi connectivity index (χ4v) is 6.33. The van der Waals surface area contributed by atoms with Gasteiger partial charge in [0.05, 0.1) is 17.6 Å². The Morgan fingerprint density at radius 2 is 1.68 bits per heavy atom. The maximum absolute atomic E-state index is 13.3. The molecule has 0 radical (unpaired) electrons. The summed E-state index contributed by atoms with van der Waals surface area (Å²) in [5.41, 5.74) is 2.45. The van der Waals surface area contributed by atoms with Gasteiger partial charge in [-0.15, -0.1) is 0 Å². The van der Waals surface area contributed by atoms with E-state index in [9.17, 15) is 23.3 Å². The predicted octanol–water partition coefficient (Wildman–Crippen LogP) is 3.41. The molecule has 202 valence electrons. The standard InChI is InChI=1S/C28H33N3O6S/c1-27(2,3)37-26(33)31-28(10-12-36-13-11-28)25(32)30-24(16-29)14-19-4-6-20(7-5-19)21-8-9-22-17-38(34,35)18-23(22)15-21/h4-9,15,24H,10-14,17-18H2,1-3H3,(H,30,32)(H,31,33)/t24-/m0/s1. The summed E-state index contributed by atoms with van der Waals surface area (Å²) >= 11 is 0. The minimum atomic E-state index is -3.07. The molecule has 1 saturated heterocycles. The number of rotatable bonds is 6. The lowest BCUT2D eigenvalue weighted by Gasteiger charge is -2.37. The Balaban J connectivity index is 1.42. The van der Waals surface area contributed by atoms with Crippen molar-refractivity contribution in [2.75, 3.05) is 13.2 Å². The molecule has 38 heavy (non-hydrogen) atoms. The summed E-state index contributed by atoms with van der Waals surface area (Å²) in [7, 11) is -3.07. The number of nitriles is 1. The van der Waals surface area contributed by atoms with Gasteiger partial charge in [0.1, 0.15) is 17.2 Å². The van der Waals surface area contributed by atoms with Crippen molar-refractivity contribution < 1.29 is 27.5 Å². The summed E-state index contributed by atoms with van der Waals surface area (Å²) in [6, 6.07) is 14.6. The fraction of sp³-hybridized carbons (Fsp3) is 0.464. The van der Waals surface area contributed by atoms with E-state index in [-0.39, 0.29) is 30.8 Å². The average molecular weight is 540 g/mol. The number of sulfone groups is 1. The number of ether oxygens (including phenoxy) is 2. The van der Waals surface area contributed by atoms with Crippen LogP contribution in [0.1, 0.15) is 50.3 Å². The second-order valence-electron chi connectivity index (χ2n) is 10.9. The SMILES string of the molecule is CC(C)(C)OC(=O)NC1(C(=O)N[C@H](C#N)Cc2ccc(-c3ccc4c(c3)CS(=O)(=O)C4)cc2)CCOCC1. The van der Waals surface area contributed by atoms with Crippen molar-refractivity contribution in [2.24, 2.45) is 0 Å². The molecule has 2 aliphatic heterocycles. The Morgan fingerprint density at radius 1 is 1.05 bits per heavy atom. The minimum absolute atomic E-state index is 0.0637. The van der Waals surface area contributed by atoms with Gasteiger partial charge < -0.3 is 20.1 Å². The summed E-state index contributed by atoms with van der Waals surface area (Å²) in [6.07, 6.45) is 0.132. The van der Waals surface area contributed by atoms with Crippen LogP contribution in [-0.2, 0) is 42.0 Å². The molecule has 2 aromatic rings. The zero-order chi connectivity index (χ0) is 27.6. The van der Waals surface area contributed by atoms with Gasteiger partial charge in [0.15, 0.2) is 9.84 Å². The van der Waals surface area contributed by atoms with E-state index in [1.165, 1.54) is 0 Å². The van der Waals surface area contributed by atoms with Crippen molar-refractivity contribution in [3.8, 4) is 17.2 Å². The molecule has 0 bridgehead atoms. The maximum atomic E-state index is 13.3. The van der Waals surface area contributed by atoms with Crippen LogP contribution in [0.4, 0.5) is 4.79 Å². The molecule has 2 amide bonds. The van der Waals surface area contributed by atoms with E-state index in [2.05, 4.69) is 16.7 Å². The molecular weight excluding hydrogens is 506 g/mol. The Labute approximate surface area is 223 Å². The number of hydrogen-bond donors (Lipinski definition) is 2. The monoisotopic (exact) mass is 539 g/mol. The lowest BCUT2D eigenvalue weighted by atomic mass is 9.88. The van der Waals surface area contributed by atoms with Crippen LogP contribution in [0.15, 0.2) is 42.5 Å². The van der Waals surface area contributed by atoms with Gasteiger partial charge in [0, 0.05) is 32.5 Å². The zero-order valence-corrected chi connectivity index (χ0v) is 22.7. The van der Waals surface area contributed by atoms with Crippen LogP contribution in [0.3, 0.4) is 0 Å². The van der Waals surface area contributed by atoms with Crippen molar-refractivity contribution in [1.29, 1.82) is 5.26 Å². The Bertz CT molecular complexity index is 1350. The largest absolute Gasteiger partial charge is 0.444 e. The number of carbonyl (C=O) groups excluding carboxylic acids is 2. The molecule has 0 spiro atoms. The highest BCUT2D eigenvalue weighted by molar-refractivity contribution is 7.90. The van der Waals surface area contributed by atoms with Gasteiger partial charge in [0.2, 0.25) is 5.91 Å². The maximum Gasteiger partial charge on any atom is 0.408 e. The Morgan fingerprint density at radius 3 is 2.32 bits per heavy atom. The summed E-state index contributed by atoms with van der Waals surface area (Å²) in [5.74, 6) is -0.290. The quantitative estimate of drug-likeness (QED) is 0.574. The van der Waals surface area contributed by atoms with E-state index in [1.54, 1.807) is 20.8 Å². The highest BCUT2D eigenvalue weighted by atomic mass is 32.2. The fourth-order valence-electron chi connectivity index (χ4n) is 4.73. The first-order chi connectivity index (χ1) is 17.9. The van der Waals surface area contributed by atoms with E-state index in [4.69, 9.17) is 9.47 Å². The van der Waals surface area contributed by atoms with Gasteiger partial charge in [0.25, 0.3) is 0 Å². The van der Waals surface area contributed by atoms with Crippen LogP contribution in [0.2, 0.25) is 0 Å². The number of alkyl carbamates (subject to hydrolysis) is 1. The second-order valence-corrected chi connectivity index (χ2v) is 13.0. The lowest BCUT2D eigenvalue weighted by Crippen LogP contribution is -2.63. The molecule has 0 unspecified atom stereocenters. The van der Waals surface area contributed by atoms with Gasteiger partial charge in [-0.1, -0.05) is 36.4 Å². The first-order valence-electron chi connectivity index (χ1n) is 12.6. The van der Waals surface area contributed by atoms with Crippen LogP contribution in [0, 0.1) is 11.3 Å². The highest BCUT2D eigenvalue weighted by Gasteiger charge is 2.43. The van der Waals surface area contributed by atoms with Gasteiger partial charge in [-0.3, -0.25) is 4.79 Å². The first kappa shape index (κ1) is 27.6. The highest BCUT2D eigenvalue weighted by Crippen LogP contribution is 2.30. The summed E-state index contributed by atoms with van der Waals surface area (Å²) < 4.78 is 34.6. The van der Waals surface area contributed by atoms with Crippen LogP contribution >= 0.6 is 0 Å². The summed E-state index contributed by atoms with van der Waals surface area (Å²) in [5, 5.41) is 15.3. The molecule has 2 heterocycles. The third-order valence-corrected chi connectivity index (χ3v) is 8.17. The van der Waals surface area contributed by atoms with Crippen LogP contribution < -0.4 is 10.6 Å². The molecule has 10 heteroatoms. The van der Waals surface area contributed by atoms with Crippen molar-refractivity contribution in [3.05, 3.63) is 59.2 Å². The number of benzene rings is 2. The number of nitrogens with one attached hydrogen (secondary N) is 2. The zero-order valence-electron chi connectivity index (χ0n) is 21.9. The summed E-state index contributed by atoms with van der Waals surface area (Å²) in [6.45, 7) is 5.84. The van der Waals surface area contributed by atoms with E-state index in [0.29, 0.717) is 13.2 Å². The van der Waals surface area contributed by atoms with E-state index < -0.39 is 39.0 Å². The van der Waals surface area contributed by atoms with Crippen molar-refractivity contribution in [3.63, 3.8) is 0 Å². The third kappa shape index (κ3) is 6.71. The van der Waals surface area contributed by atoms with Gasteiger partial charge in [-0.25, -0.2) is 13.2 Å². The second kappa shape index (κ2) is 10.8. The van der Waals surface area contributed by atoms with E-state index in [0.717, 1.165) is 27.8 Å². The molecule has 2 N–H and O–H groups in total. The Kier molecular flexibility index (Phi) is 7.81. The molecule has 0 saturated carbocycles. The first-order valence-corrected chi connectivity index (χ1v) is 14.4. The van der Waals surface area contributed by atoms with E-state index in [1.807, 2.05) is 42.5 Å². The van der Waals surface area contributed by atoms with Gasteiger partial charge in [-0.05, 0) is 54.7 Å². The number of carbonyl (C=O) groups is 2. The predicted molar refractivity (Wildman–Crippen MR) is 142 cm³/mol. The molecule has 4 rings (SSSR count).